The van der Waals surface area contributed by atoms with E-state index in [0.717, 1.165) is 23.7 Å². The molecule has 0 aliphatic carbocycles. The first-order valence-electron chi connectivity index (χ1n) is 15.1. The summed E-state index contributed by atoms with van der Waals surface area (Å²) >= 11 is 0. The molecule has 0 saturated carbocycles. The molecule has 0 heterocycles. The summed E-state index contributed by atoms with van der Waals surface area (Å²) in [6.07, 6.45) is 26.5. The molecular weight excluding hydrogens is 436 g/mol. The van der Waals surface area contributed by atoms with Crippen molar-refractivity contribution in [3.63, 3.8) is 0 Å². The molecule has 0 radical (unpaired) electrons. The normalized spacial score (nSPS) is 12.3. The van der Waals surface area contributed by atoms with Gasteiger partial charge in [0.15, 0.2) is 0 Å². The van der Waals surface area contributed by atoms with Crippen LogP contribution in [0.25, 0.3) is 12.2 Å². The fourth-order valence-corrected chi connectivity index (χ4v) is 4.97. The molecule has 0 spiro atoms. The van der Waals surface area contributed by atoms with Crippen molar-refractivity contribution >= 4 is 23.5 Å². The van der Waals surface area contributed by atoms with Crippen LogP contribution in [0.15, 0.2) is 48.5 Å². The largest absolute Gasteiger partial charge is 0.398 e. The van der Waals surface area contributed by atoms with Crippen molar-refractivity contribution in [3.8, 4) is 0 Å². The van der Waals surface area contributed by atoms with Crippen LogP contribution in [0.1, 0.15) is 128 Å². The topological polar surface area (TPSA) is 38.0 Å². The number of nitrogens with two attached hydrogens (primary N) is 1. The second-order valence-electron chi connectivity index (χ2n) is 10.7. The smallest absolute Gasteiger partial charge is 0.0389 e. The Morgan fingerprint density at radius 3 is 1.81 bits per heavy atom. The second kappa shape index (κ2) is 19.9. The van der Waals surface area contributed by atoms with Crippen LogP contribution < -0.4 is 11.1 Å². The maximum Gasteiger partial charge on any atom is 0.0389 e. The standard InChI is InChI=1S/C34H54N2/c1-3-5-7-9-11-12-14-17-23-31(22-16-13-10-8-6-4-2)29-36-33-26-27-34(35)32(28-33)25-24-30-20-18-15-19-21-30/h15,18-21,24-28,31,36H,3-14,16-17,22-23,29,35H2,1-2H3. The summed E-state index contributed by atoms with van der Waals surface area (Å²) in [6.45, 7) is 5.66. The Kier molecular flexibility index (Phi) is 16.6. The van der Waals surface area contributed by atoms with E-state index in [-0.39, 0.29) is 0 Å². The molecule has 2 aromatic carbocycles. The summed E-state index contributed by atoms with van der Waals surface area (Å²) in [5, 5.41) is 3.76. The van der Waals surface area contributed by atoms with Crippen LogP contribution in [0.4, 0.5) is 11.4 Å². The first kappa shape index (κ1) is 30.0. The van der Waals surface area contributed by atoms with Gasteiger partial charge in [0, 0.05) is 17.9 Å². The van der Waals surface area contributed by atoms with Crippen molar-refractivity contribution in [2.24, 2.45) is 5.92 Å². The zero-order valence-corrected chi connectivity index (χ0v) is 23.4. The van der Waals surface area contributed by atoms with Gasteiger partial charge < -0.3 is 11.1 Å². The predicted molar refractivity (Wildman–Crippen MR) is 163 cm³/mol. The zero-order chi connectivity index (χ0) is 25.7. The van der Waals surface area contributed by atoms with E-state index in [1.54, 1.807) is 0 Å². The Hall–Kier alpha value is -2.22. The minimum Gasteiger partial charge on any atom is -0.398 e. The molecule has 200 valence electrons. The Bertz CT molecular complexity index is 811. The van der Waals surface area contributed by atoms with Crippen molar-refractivity contribution in [2.45, 2.75) is 117 Å². The van der Waals surface area contributed by atoms with Crippen molar-refractivity contribution in [2.75, 3.05) is 17.6 Å². The molecule has 0 aliphatic heterocycles. The molecule has 2 heteroatoms. The van der Waals surface area contributed by atoms with Crippen LogP contribution >= 0.6 is 0 Å². The fraction of sp³-hybridized carbons (Fsp3) is 0.588. The fourth-order valence-electron chi connectivity index (χ4n) is 4.97. The summed E-state index contributed by atoms with van der Waals surface area (Å²) in [5.74, 6) is 0.761. The Morgan fingerprint density at radius 2 is 1.22 bits per heavy atom. The van der Waals surface area contributed by atoms with Gasteiger partial charge in [-0.3, -0.25) is 0 Å². The molecule has 2 rings (SSSR count). The number of nitrogens with one attached hydrogen (secondary N) is 1. The second-order valence-corrected chi connectivity index (χ2v) is 10.7. The summed E-state index contributed by atoms with van der Waals surface area (Å²) in [5.41, 5.74) is 10.6. The summed E-state index contributed by atoms with van der Waals surface area (Å²) in [4.78, 5) is 0. The van der Waals surface area contributed by atoms with E-state index in [2.05, 4.69) is 67.7 Å². The molecule has 1 unspecified atom stereocenters. The lowest BCUT2D eigenvalue weighted by molar-refractivity contribution is 0.418. The maximum absolute atomic E-state index is 6.28. The molecule has 1 atom stereocenters. The lowest BCUT2D eigenvalue weighted by Crippen LogP contribution is -2.15. The highest BCUT2D eigenvalue weighted by atomic mass is 14.9. The maximum atomic E-state index is 6.28. The van der Waals surface area contributed by atoms with Crippen LogP contribution in [0.5, 0.6) is 0 Å². The van der Waals surface area contributed by atoms with Gasteiger partial charge in [-0.25, -0.2) is 0 Å². The summed E-state index contributed by atoms with van der Waals surface area (Å²) in [7, 11) is 0. The van der Waals surface area contributed by atoms with E-state index in [1.807, 2.05) is 12.1 Å². The molecule has 3 N–H and O–H groups in total. The average molecular weight is 491 g/mol. The molecule has 2 nitrogen and oxygen atoms in total. The molecule has 0 saturated heterocycles. The summed E-state index contributed by atoms with van der Waals surface area (Å²) in [6, 6.07) is 16.8. The van der Waals surface area contributed by atoms with Gasteiger partial charge in [-0.15, -0.1) is 0 Å². The Labute approximate surface area is 223 Å². The molecule has 36 heavy (non-hydrogen) atoms. The molecule has 0 aromatic heterocycles. The van der Waals surface area contributed by atoms with Gasteiger partial charge >= 0.3 is 0 Å². The van der Waals surface area contributed by atoms with Gasteiger partial charge in [-0.05, 0) is 48.1 Å². The van der Waals surface area contributed by atoms with Crippen LogP contribution in [-0.2, 0) is 0 Å². The summed E-state index contributed by atoms with van der Waals surface area (Å²) < 4.78 is 0. The van der Waals surface area contributed by atoms with E-state index in [9.17, 15) is 0 Å². The van der Waals surface area contributed by atoms with E-state index in [1.165, 1.54) is 114 Å². The lowest BCUT2D eigenvalue weighted by Gasteiger charge is -2.19. The number of anilines is 2. The van der Waals surface area contributed by atoms with Crippen LogP contribution in [-0.4, -0.2) is 6.54 Å². The van der Waals surface area contributed by atoms with Gasteiger partial charge in [0.25, 0.3) is 0 Å². The molecule has 0 aliphatic rings. The van der Waals surface area contributed by atoms with E-state index in [4.69, 9.17) is 5.73 Å². The predicted octanol–water partition coefficient (Wildman–Crippen LogP) is 10.7. The first-order valence-corrected chi connectivity index (χ1v) is 15.1. The van der Waals surface area contributed by atoms with Crippen molar-refractivity contribution in [1.82, 2.24) is 0 Å². The number of nitrogen functional groups attached to an aromatic ring is 1. The van der Waals surface area contributed by atoms with Crippen LogP contribution in [0.2, 0.25) is 0 Å². The van der Waals surface area contributed by atoms with Crippen molar-refractivity contribution in [1.29, 1.82) is 0 Å². The van der Waals surface area contributed by atoms with Gasteiger partial charge in [0.1, 0.15) is 0 Å². The highest BCUT2D eigenvalue weighted by Crippen LogP contribution is 2.23. The SMILES string of the molecule is CCCCCCCCCCC(CCCCCCCC)CNc1ccc(N)c(C=Cc2ccccc2)c1. The lowest BCUT2D eigenvalue weighted by atomic mass is 9.93. The third-order valence-electron chi connectivity index (χ3n) is 7.37. The zero-order valence-electron chi connectivity index (χ0n) is 23.4. The highest BCUT2D eigenvalue weighted by Gasteiger charge is 2.09. The van der Waals surface area contributed by atoms with E-state index >= 15 is 0 Å². The number of unbranched alkanes of at least 4 members (excludes halogenated alkanes) is 12. The molecule has 0 fully saturated rings. The van der Waals surface area contributed by atoms with E-state index in [0.29, 0.717) is 0 Å². The monoisotopic (exact) mass is 490 g/mol. The highest BCUT2D eigenvalue weighted by molar-refractivity contribution is 5.77. The minimum absolute atomic E-state index is 0.761. The number of rotatable bonds is 21. The van der Waals surface area contributed by atoms with Crippen LogP contribution in [0, 0.1) is 5.92 Å². The van der Waals surface area contributed by atoms with Gasteiger partial charge in [-0.1, -0.05) is 146 Å². The molecule has 2 aromatic rings. The third-order valence-corrected chi connectivity index (χ3v) is 7.37. The quantitative estimate of drug-likeness (QED) is 0.104. The number of hydrogen-bond acceptors (Lipinski definition) is 2. The van der Waals surface area contributed by atoms with Crippen molar-refractivity contribution in [3.05, 3.63) is 59.7 Å². The average Bonchev–Trinajstić information content (AvgIpc) is 2.90. The van der Waals surface area contributed by atoms with Crippen LogP contribution in [0.3, 0.4) is 0 Å². The van der Waals surface area contributed by atoms with Gasteiger partial charge in [0.2, 0.25) is 0 Å². The number of hydrogen-bond donors (Lipinski definition) is 2. The van der Waals surface area contributed by atoms with E-state index < -0.39 is 0 Å². The Morgan fingerprint density at radius 1 is 0.667 bits per heavy atom. The Balaban J connectivity index is 1.83. The number of benzene rings is 2. The van der Waals surface area contributed by atoms with Gasteiger partial charge in [0.05, 0.1) is 0 Å². The first-order chi connectivity index (χ1) is 17.7. The molecule has 0 bridgehead atoms. The molecular formula is C34H54N2. The molecule has 0 amide bonds. The minimum atomic E-state index is 0.761. The third kappa shape index (κ3) is 13.8. The van der Waals surface area contributed by atoms with Crippen molar-refractivity contribution < 1.29 is 0 Å². The van der Waals surface area contributed by atoms with Gasteiger partial charge in [-0.2, -0.15) is 0 Å².